The summed E-state index contributed by atoms with van der Waals surface area (Å²) >= 11 is 1.42. The Morgan fingerprint density at radius 3 is 2.67 bits per heavy atom. The molecular formula is C16H15NO3S. The van der Waals surface area contributed by atoms with E-state index >= 15 is 0 Å². The standard InChI is InChI=1S/C16H15NO3S/c1-20-14-4-2-3-13(9-14)17-16(19)11-21-15-7-5-12(10-18)6-8-15/h2-10H,11H2,1H3,(H,17,19). The van der Waals surface area contributed by atoms with Gasteiger partial charge in [-0.25, -0.2) is 0 Å². The summed E-state index contributed by atoms with van der Waals surface area (Å²) in [5.74, 6) is 0.912. The Bertz CT molecular complexity index is 626. The Hall–Kier alpha value is -2.27. The lowest BCUT2D eigenvalue weighted by Crippen LogP contribution is -2.13. The van der Waals surface area contributed by atoms with Crippen molar-refractivity contribution < 1.29 is 14.3 Å². The van der Waals surface area contributed by atoms with Crippen LogP contribution < -0.4 is 10.1 Å². The summed E-state index contributed by atoms with van der Waals surface area (Å²) in [4.78, 5) is 23.4. The van der Waals surface area contributed by atoms with Gasteiger partial charge in [-0.2, -0.15) is 0 Å². The molecule has 2 aromatic carbocycles. The van der Waals surface area contributed by atoms with Gasteiger partial charge in [0.05, 0.1) is 12.9 Å². The zero-order valence-corrected chi connectivity index (χ0v) is 12.4. The predicted molar refractivity (Wildman–Crippen MR) is 84.2 cm³/mol. The quantitative estimate of drug-likeness (QED) is 0.657. The monoisotopic (exact) mass is 301 g/mol. The number of anilines is 1. The van der Waals surface area contributed by atoms with Crippen LogP contribution in [-0.4, -0.2) is 25.1 Å². The fourth-order valence-electron chi connectivity index (χ4n) is 1.69. The first-order valence-corrected chi connectivity index (χ1v) is 7.32. The van der Waals surface area contributed by atoms with Crippen molar-refractivity contribution >= 4 is 29.6 Å². The van der Waals surface area contributed by atoms with Crippen molar-refractivity contribution in [2.45, 2.75) is 4.90 Å². The zero-order chi connectivity index (χ0) is 15.1. The van der Waals surface area contributed by atoms with Crippen LogP contribution in [0.25, 0.3) is 0 Å². The summed E-state index contributed by atoms with van der Waals surface area (Å²) in [5.41, 5.74) is 1.33. The molecule has 4 nitrogen and oxygen atoms in total. The van der Waals surface area contributed by atoms with E-state index < -0.39 is 0 Å². The van der Waals surface area contributed by atoms with Crippen molar-refractivity contribution in [2.24, 2.45) is 0 Å². The second-order valence-corrected chi connectivity index (χ2v) is 5.30. The van der Waals surface area contributed by atoms with Gasteiger partial charge in [-0.05, 0) is 24.3 Å². The summed E-state index contributed by atoms with van der Waals surface area (Å²) in [5, 5.41) is 2.81. The van der Waals surface area contributed by atoms with Crippen molar-refractivity contribution in [2.75, 3.05) is 18.2 Å². The van der Waals surface area contributed by atoms with Crippen LogP contribution in [0.15, 0.2) is 53.4 Å². The highest BCUT2D eigenvalue weighted by molar-refractivity contribution is 8.00. The number of nitrogens with one attached hydrogen (secondary N) is 1. The van der Waals surface area contributed by atoms with Crippen molar-refractivity contribution in [1.29, 1.82) is 0 Å². The maximum absolute atomic E-state index is 11.9. The highest BCUT2D eigenvalue weighted by Gasteiger charge is 2.04. The lowest BCUT2D eigenvalue weighted by Gasteiger charge is -2.07. The van der Waals surface area contributed by atoms with E-state index in [1.165, 1.54) is 11.8 Å². The van der Waals surface area contributed by atoms with Gasteiger partial charge in [0.15, 0.2) is 0 Å². The smallest absolute Gasteiger partial charge is 0.234 e. The van der Waals surface area contributed by atoms with Gasteiger partial charge in [0.1, 0.15) is 12.0 Å². The SMILES string of the molecule is COc1cccc(NC(=O)CSc2ccc(C=O)cc2)c1. The minimum Gasteiger partial charge on any atom is -0.497 e. The summed E-state index contributed by atoms with van der Waals surface area (Å²) in [6, 6.07) is 14.3. The average Bonchev–Trinajstić information content (AvgIpc) is 2.53. The Balaban J connectivity index is 1.87. The van der Waals surface area contributed by atoms with Gasteiger partial charge in [0.25, 0.3) is 0 Å². The number of carbonyl (C=O) groups excluding carboxylic acids is 2. The van der Waals surface area contributed by atoms with Gasteiger partial charge in [-0.1, -0.05) is 18.2 Å². The van der Waals surface area contributed by atoms with E-state index in [1.54, 1.807) is 25.3 Å². The third kappa shape index (κ3) is 4.65. The molecule has 0 saturated heterocycles. The summed E-state index contributed by atoms with van der Waals surface area (Å²) < 4.78 is 5.10. The van der Waals surface area contributed by atoms with Crippen molar-refractivity contribution in [3.05, 3.63) is 54.1 Å². The molecule has 0 spiro atoms. The average molecular weight is 301 g/mol. The maximum atomic E-state index is 11.9. The normalized spacial score (nSPS) is 9.95. The fourth-order valence-corrected chi connectivity index (χ4v) is 2.39. The number of benzene rings is 2. The van der Waals surface area contributed by atoms with E-state index in [9.17, 15) is 9.59 Å². The van der Waals surface area contributed by atoms with Crippen molar-refractivity contribution in [1.82, 2.24) is 0 Å². The molecule has 108 valence electrons. The van der Waals surface area contributed by atoms with Crippen LogP contribution in [0.2, 0.25) is 0 Å². The molecule has 0 saturated carbocycles. The Kier molecular flexibility index (Phi) is 5.40. The van der Waals surface area contributed by atoms with Crippen molar-refractivity contribution in [3.8, 4) is 5.75 Å². The third-order valence-electron chi connectivity index (χ3n) is 2.74. The third-order valence-corrected chi connectivity index (χ3v) is 3.75. The van der Waals surface area contributed by atoms with Crippen LogP contribution in [0.5, 0.6) is 5.75 Å². The number of carbonyl (C=O) groups is 2. The van der Waals surface area contributed by atoms with Crippen LogP contribution in [-0.2, 0) is 4.79 Å². The second-order valence-electron chi connectivity index (χ2n) is 4.26. The molecular weight excluding hydrogens is 286 g/mol. The molecule has 0 radical (unpaired) electrons. The summed E-state index contributed by atoms with van der Waals surface area (Å²) in [6.45, 7) is 0. The van der Waals surface area contributed by atoms with E-state index in [0.29, 0.717) is 22.8 Å². The molecule has 0 unspecified atom stereocenters. The summed E-state index contributed by atoms with van der Waals surface area (Å²) in [7, 11) is 1.58. The van der Waals surface area contributed by atoms with Crippen LogP contribution in [0.3, 0.4) is 0 Å². The molecule has 21 heavy (non-hydrogen) atoms. The van der Waals surface area contributed by atoms with E-state index in [0.717, 1.165) is 11.2 Å². The highest BCUT2D eigenvalue weighted by Crippen LogP contribution is 2.20. The molecule has 0 bridgehead atoms. The first-order chi connectivity index (χ1) is 10.2. The number of ether oxygens (including phenoxy) is 1. The largest absolute Gasteiger partial charge is 0.497 e. The van der Waals surface area contributed by atoms with Gasteiger partial charge in [0.2, 0.25) is 5.91 Å². The number of methoxy groups -OCH3 is 1. The number of thioether (sulfide) groups is 1. The zero-order valence-electron chi connectivity index (χ0n) is 11.5. The number of hydrogen-bond acceptors (Lipinski definition) is 4. The number of hydrogen-bond donors (Lipinski definition) is 1. The first-order valence-electron chi connectivity index (χ1n) is 6.33. The highest BCUT2D eigenvalue weighted by atomic mass is 32.2. The van der Waals surface area contributed by atoms with Crippen LogP contribution >= 0.6 is 11.8 Å². The molecule has 5 heteroatoms. The Morgan fingerprint density at radius 2 is 2.00 bits per heavy atom. The van der Waals surface area contributed by atoms with Crippen LogP contribution in [0.1, 0.15) is 10.4 Å². The van der Waals surface area contributed by atoms with E-state index in [-0.39, 0.29) is 5.91 Å². The minimum absolute atomic E-state index is 0.0901. The predicted octanol–water partition coefficient (Wildman–Crippen LogP) is 3.24. The second kappa shape index (κ2) is 7.50. The van der Waals surface area contributed by atoms with Crippen LogP contribution in [0.4, 0.5) is 5.69 Å². The molecule has 0 fully saturated rings. The Labute approximate surface area is 127 Å². The molecule has 0 atom stereocenters. The maximum Gasteiger partial charge on any atom is 0.234 e. The molecule has 0 aliphatic heterocycles. The summed E-state index contributed by atoms with van der Waals surface area (Å²) in [6.07, 6.45) is 0.796. The van der Waals surface area contributed by atoms with Gasteiger partial charge < -0.3 is 10.1 Å². The lowest BCUT2D eigenvalue weighted by atomic mass is 10.2. The van der Waals surface area contributed by atoms with Gasteiger partial charge in [0, 0.05) is 22.2 Å². The molecule has 0 aliphatic carbocycles. The molecule has 2 aromatic rings. The fraction of sp³-hybridized carbons (Fsp3) is 0.125. The van der Waals surface area contributed by atoms with E-state index in [2.05, 4.69) is 5.32 Å². The molecule has 0 heterocycles. The van der Waals surface area contributed by atoms with Gasteiger partial charge in [-0.3, -0.25) is 9.59 Å². The number of amides is 1. The Morgan fingerprint density at radius 1 is 1.24 bits per heavy atom. The van der Waals surface area contributed by atoms with Gasteiger partial charge in [-0.15, -0.1) is 11.8 Å². The molecule has 2 rings (SSSR count). The minimum atomic E-state index is -0.0901. The van der Waals surface area contributed by atoms with E-state index in [1.807, 2.05) is 30.3 Å². The first kappa shape index (κ1) is 15.1. The van der Waals surface area contributed by atoms with Crippen molar-refractivity contribution in [3.63, 3.8) is 0 Å². The van der Waals surface area contributed by atoms with Crippen LogP contribution in [0, 0.1) is 0 Å². The lowest BCUT2D eigenvalue weighted by molar-refractivity contribution is -0.113. The molecule has 1 N–H and O–H groups in total. The van der Waals surface area contributed by atoms with E-state index in [4.69, 9.17) is 4.74 Å². The number of rotatable bonds is 6. The molecule has 0 aromatic heterocycles. The molecule has 0 aliphatic rings. The molecule has 1 amide bonds. The number of aldehydes is 1. The topological polar surface area (TPSA) is 55.4 Å². The van der Waals surface area contributed by atoms with Gasteiger partial charge >= 0.3 is 0 Å².